The van der Waals surface area contributed by atoms with Crippen molar-refractivity contribution in [1.82, 2.24) is 5.32 Å². The molecule has 14 heavy (non-hydrogen) atoms. The van der Waals surface area contributed by atoms with Crippen LogP contribution in [0.25, 0.3) is 0 Å². The van der Waals surface area contributed by atoms with E-state index >= 15 is 0 Å². The lowest BCUT2D eigenvalue weighted by Crippen LogP contribution is -2.24. The number of benzene rings is 1. The van der Waals surface area contributed by atoms with Crippen LogP contribution in [0.2, 0.25) is 0 Å². The van der Waals surface area contributed by atoms with Crippen molar-refractivity contribution in [1.29, 1.82) is 0 Å². The number of hydrogen-bond donors (Lipinski definition) is 1. The molecule has 1 N–H and O–H groups in total. The molecular formula is C11H12BrNO. The van der Waals surface area contributed by atoms with Crippen molar-refractivity contribution in [3.63, 3.8) is 0 Å². The second kappa shape index (κ2) is 3.39. The van der Waals surface area contributed by atoms with Gasteiger partial charge in [0.05, 0.1) is 0 Å². The van der Waals surface area contributed by atoms with Crippen LogP contribution in [-0.4, -0.2) is 12.5 Å². The molecule has 1 aromatic rings. The van der Waals surface area contributed by atoms with Gasteiger partial charge >= 0.3 is 0 Å². The first-order valence-corrected chi connectivity index (χ1v) is 5.42. The van der Waals surface area contributed by atoms with Crippen molar-refractivity contribution in [2.45, 2.75) is 18.8 Å². The normalized spacial score (nSPS) is 26.3. The van der Waals surface area contributed by atoms with Crippen LogP contribution in [0, 0.1) is 0 Å². The first-order chi connectivity index (χ1) is 6.60. The average Bonchev–Trinajstić information content (AvgIpc) is 2.48. The average molecular weight is 254 g/mol. The van der Waals surface area contributed by atoms with Crippen LogP contribution in [-0.2, 0) is 10.2 Å². The van der Waals surface area contributed by atoms with Gasteiger partial charge in [-0.3, -0.25) is 4.79 Å². The highest BCUT2D eigenvalue weighted by Gasteiger charge is 2.35. The fourth-order valence-electron chi connectivity index (χ4n) is 1.84. The predicted molar refractivity (Wildman–Crippen MR) is 59.1 cm³/mol. The lowest BCUT2D eigenvalue weighted by Gasteiger charge is -2.21. The summed E-state index contributed by atoms with van der Waals surface area (Å²) in [5.41, 5.74) is 1.17. The number of amides is 1. The third-order valence-electron chi connectivity index (χ3n) is 2.75. The Morgan fingerprint density at radius 2 is 2.29 bits per heavy atom. The Kier molecular flexibility index (Phi) is 2.35. The molecule has 0 saturated carbocycles. The Balaban J connectivity index is 2.34. The summed E-state index contributed by atoms with van der Waals surface area (Å²) >= 11 is 3.44. The zero-order valence-corrected chi connectivity index (χ0v) is 9.60. The maximum atomic E-state index is 11.2. The zero-order chi connectivity index (χ0) is 10.2. The van der Waals surface area contributed by atoms with Crippen LogP contribution >= 0.6 is 15.9 Å². The van der Waals surface area contributed by atoms with Crippen LogP contribution < -0.4 is 5.32 Å². The number of rotatable bonds is 1. The van der Waals surface area contributed by atoms with Crippen molar-refractivity contribution in [3.8, 4) is 0 Å². The fourth-order valence-corrected chi connectivity index (χ4v) is 2.24. The van der Waals surface area contributed by atoms with E-state index in [1.54, 1.807) is 0 Å². The Labute approximate surface area is 91.8 Å². The Bertz CT molecular complexity index is 377. The predicted octanol–water partition coefficient (Wildman–Crippen LogP) is 2.23. The number of carbonyl (C=O) groups is 1. The standard InChI is InChI=1S/C11H12BrNO/c1-11(6-10(14)13-7-11)8-3-2-4-9(12)5-8/h2-5H,6-7H2,1H3,(H,13,14). The van der Waals surface area contributed by atoms with E-state index in [1.807, 2.05) is 12.1 Å². The maximum absolute atomic E-state index is 11.2. The van der Waals surface area contributed by atoms with Gasteiger partial charge in [0.2, 0.25) is 5.91 Å². The molecule has 2 rings (SSSR count). The molecular weight excluding hydrogens is 242 g/mol. The summed E-state index contributed by atoms with van der Waals surface area (Å²) in [7, 11) is 0. The van der Waals surface area contributed by atoms with Gasteiger partial charge in [-0.2, -0.15) is 0 Å². The van der Waals surface area contributed by atoms with Crippen molar-refractivity contribution in [2.75, 3.05) is 6.54 Å². The molecule has 1 fully saturated rings. The Morgan fingerprint density at radius 3 is 2.86 bits per heavy atom. The smallest absolute Gasteiger partial charge is 0.220 e. The largest absolute Gasteiger partial charge is 0.355 e. The highest BCUT2D eigenvalue weighted by atomic mass is 79.9. The SMILES string of the molecule is CC1(c2cccc(Br)c2)CNC(=O)C1. The number of nitrogens with one attached hydrogen (secondary N) is 1. The van der Waals surface area contributed by atoms with E-state index in [0.29, 0.717) is 6.42 Å². The van der Waals surface area contributed by atoms with Gasteiger partial charge < -0.3 is 5.32 Å². The van der Waals surface area contributed by atoms with Crippen molar-refractivity contribution in [2.24, 2.45) is 0 Å². The summed E-state index contributed by atoms with van der Waals surface area (Å²) in [6.45, 7) is 2.86. The third kappa shape index (κ3) is 1.69. The summed E-state index contributed by atoms with van der Waals surface area (Å²) in [5.74, 6) is 0.146. The van der Waals surface area contributed by atoms with Crippen LogP contribution in [0.5, 0.6) is 0 Å². The molecule has 74 valence electrons. The Morgan fingerprint density at radius 1 is 1.50 bits per heavy atom. The van der Waals surface area contributed by atoms with Gasteiger partial charge in [0.25, 0.3) is 0 Å². The van der Waals surface area contributed by atoms with Crippen molar-refractivity contribution in [3.05, 3.63) is 34.3 Å². The van der Waals surface area contributed by atoms with Crippen LogP contribution in [0.4, 0.5) is 0 Å². The molecule has 3 heteroatoms. The molecule has 1 aliphatic rings. The number of carbonyl (C=O) groups excluding carboxylic acids is 1. The van der Waals surface area contributed by atoms with Gasteiger partial charge in [0.1, 0.15) is 0 Å². The van der Waals surface area contributed by atoms with Gasteiger partial charge in [-0.1, -0.05) is 35.0 Å². The monoisotopic (exact) mass is 253 g/mol. The molecule has 1 amide bonds. The van der Waals surface area contributed by atoms with Crippen molar-refractivity contribution >= 4 is 21.8 Å². The van der Waals surface area contributed by atoms with Gasteiger partial charge in [0.15, 0.2) is 0 Å². The minimum Gasteiger partial charge on any atom is -0.355 e. The molecule has 0 aliphatic carbocycles. The van der Waals surface area contributed by atoms with Gasteiger partial charge in [-0.15, -0.1) is 0 Å². The molecule has 1 aromatic carbocycles. The van der Waals surface area contributed by atoms with E-state index in [4.69, 9.17) is 0 Å². The molecule has 2 nitrogen and oxygen atoms in total. The van der Waals surface area contributed by atoms with E-state index in [9.17, 15) is 4.79 Å². The van der Waals surface area contributed by atoms with E-state index in [0.717, 1.165) is 11.0 Å². The lowest BCUT2D eigenvalue weighted by molar-refractivity contribution is -0.119. The highest BCUT2D eigenvalue weighted by Crippen LogP contribution is 2.31. The van der Waals surface area contributed by atoms with E-state index in [1.165, 1.54) is 5.56 Å². The molecule has 0 radical (unpaired) electrons. The lowest BCUT2D eigenvalue weighted by atomic mass is 9.82. The molecule has 1 saturated heterocycles. The zero-order valence-electron chi connectivity index (χ0n) is 8.01. The van der Waals surface area contributed by atoms with E-state index < -0.39 is 0 Å². The maximum Gasteiger partial charge on any atom is 0.220 e. The topological polar surface area (TPSA) is 29.1 Å². The first-order valence-electron chi connectivity index (χ1n) is 4.63. The van der Waals surface area contributed by atoms with E-state index in [2.05, 4.69) is 40.3 Å². The van der Waals surface area contributed by atoms with Crippen LogP contribution in [0.15, 0.2) is 28.7 Å². The molecule has 0 bridgehead atoms. The second-order valence-electron chi connectivity index (χ2n) is 4.02. The minimum absolute atomic E-state index is 0.0408. The van der Waals surface area contributed by atoms with Crippen molar-refractivity contribution < 1.29 is 4.79 Å². The van der Waals surface area contributed by atoms with Crippen LogP contribution in [0.1, 0.15) is 18.9 Å². The van der Waals surface area contributed by atoms with Gasteiger partial charge in [0, 0.05) is 22.9 Å². The summed E-state index contributed by atoms with van der Waals surface area (Å²) in [6, 6.07) is 8.16. The quantitative estimate of drug-likeness (QED) is 0.818. The third-order valence-corrected chi connectivity index (χ3v) is 3.24. The Hall–Kier alpha value is -0.830. The number of hydrogen-bond acceptors (Lipinski definition) is 1. The van der Waals surface area contributed by atoms with Crippen LogP contribution in [0.3, 0.4) is 0 Å². The molecule has 0 aromatic heterocycles. The summed E-state index contributed by atoms with van der Waals surface area (Å²) in [5, 5.41) is 2.87. The summed E-state index contributed by atoms with van der Waals surface area (Å²) in [4.78, 5) is 11.2. The number of halogens is 1. The first kappa shape index (κ1) is 9.71. The molecule has 1 heterocycles. The molecule has 1 aliphatic heterocycles. The summed E-state index contributed by atoms with van der Waals surface area (Å²) in [6.07, 6.45) is 0.587. The van der Waals surface area contributed by atoms with Gasteiger partial charge in [-0.05, 0) is 17.7 Å². The summed E-state index contributed by atoms with van der Waals surface area (Å²) < 4.78 is 1.07. The molecule has 1 atom stereocenters. The minimum atomic E-state index is -0.0408. The second-order valence-corrected chi connectivity index (χ2v) is 4.94. The fraction of sp³-hybridized carbons (Fsp3) is 0.364. The highest BCUT2D eigenvalue weighted by molar-refractivity contribution is 9.10. The molecule has 0 spiro atoms. The molecule has 1 unspecified atom stereocenters. The van der Waals surface area contributed by atoms with Gasteiger partial charge in [-0.25, -0.2) is 0 Å². The van der Waals surface area contributed by atoms with E-state index in [-0.39, 0.29) is 11.3 Å².